The second-order valence-electron chi connectivity index (χ2n) is 7.26. The van der Waals surface area contributed by atoms with Crippen LogP contribution in [0.3, 0.4) is 0 Å². The van der Waals surface area contributed by atoms with Crippen LogP contribution in [0.25, 0.3) is 10.6 Å². The van der Waals surface area contributed by atoms with Gasteiger partial charge in [0.1, 0.15) is 5.01 Å². The highest BCUT2D eigenvalue weighted by Crippen LogP contribution is 2.25. The first-order valence-electron chi connectivity index (χ1n) is 9.81. The zero-order valence-electron chi connectivity index (χ0n) is 15.9. The largest absolute Gasteiger partial charge is 0.396 e. The molecular weight excluding hydrogens is 374 g/mol. The standard InChI is InChI=1S/C21H27N3O3S/c25-10-9-19(26)23-17-8-4-5-15(11-17)13-22-20(27)12-18-14-28-21(24-18)16-6-2-1-3-7-16/h1-3,6-7,14-15,17,25H,4-5,8-13H2,(H,22,27)(H,23,26)/t15-,17+/m1/s1. The molecule has 1 aromatic heterocycles. The molecule has 7 heteroatoms. The van der Waals surface area contributed by atoms with Gasteiger partial charge >= 0.3 is 0 Å². The Labute approximate surface area is 169 Å². The highest BCUT2D eigenvalue weighted by atomic mass is 32.1. The van der Waals surface area contributed by atoms with Crippen LogP contribution in [0, 0.1) is 5.92 Å². The van der Waals surface area contributed by atoms with E-state index in [9.17, 15) is 9.59 Å². The van der Waals surface area contributed by atoms with Crippen molar-refractivity contribution in [2.24, 2.45) is 5.92 Å². The Morgan fingerprint density at radius 2 is 2.00 bits per heavy atom. The number of hydrogen-bond donors (Lipinski definition) is 3. The summed E-state index contributed by atoms with van der Waals surface area (Å²) < 4.78 is 0. The van der Waals surface area contributed by atoms with Crippen LogP contribution < -0.4 is 10.6 Å². The molecule has 150 valence electrons. The second kappa shape index (κ2) is 10.3. The molecule has 0 saturated heterocycles. The molecule has 28 heavy (non-hydrogen) atoms. The zero-order valence-corrected chi connectivity index (χ0v) is 16.7. The summed E-state index contributed by atoms with van der Waals surface area (Å²) in [6.07, 6.45) is 4.36. The molecule has 1 aliphatic carbocycles. The number of hydrogen-bond acceptors (Lipinski definition) is 5. The van der Waals surface area contributed by atoms with Gasteiger partial charge in [0.15, 0.2) is 0 Å². The number of thiazole rings is 1. The smallest absolute Gasteiger partial charge is 0.226 e. The monoisotopic (exact) mass is 401 g/mol. The molecule has 0 aliphatic heterocycles. The fourth-order valence-electron chi connectivity index (χ4n) is 3.60. The molecule has 1 aromatic carbocycles. The van der Waals surface area contributed by atoms with E-state index < -0.39 is 0 Å². The highest BCUT2D eigenvalue weighted by molar-refractivity contribution is 7.13. The molecule has 1 heterocycles. The third-order valence-corrected chi connectivity index (χ3v) is 5.93. The number of amides is 2. The molecule has 2 amide bonds. The van der Waals surface area contributed by atoms with Gasteiger partial charge in [-0.05, 0) is 25.2 Å². The molecule has 3 N–H and O–H groups in total. The molecule has 3 rings (SSSR count). The van der Waals surface area contributed by atoms with E-state index in [1.165, 1.54) is 0 Å². The second-order valence-corrected chi connectivity index (χ2v) is 8.12. The Morgan fingerprint density at radius 3 is 2.79 bits per heavy atom. The maximum atomic E-state index is 12.3. The average Bonchev–Trinajstić information content (AvgIpc) is 3.16. The third kappa shape index (κ3) is 6.14. The van der Waals surface area contributed by atoms with Gasteiger partial charge in [-0.3, -0.25) is 9.59 Å². The Morgan fingerprint density at radius 1 is 1.18 bits per heavy atom. The van der Waals surface area contributed by atoms with Gasteiger partial charge in [0.25, 0.3) is 0 Å². The number of rotatable bonds is 8. The van der Waals surface area contributed by atoms with E-state index in [2.05, 4.69) is 15.6 Å². The first-order chi connectivity index (χ1) is 13.6. The van der Waals surface area contributed by atoms with E-state index in [0.717, 1.165) is 41.9 Å². The van der Waals surface area contributed by atoms with Gasteiger partial charge in [-0.15, -0.1) is 11.3 Å². The molecule has 6 nitrogen and oxygen atoms in total. The molecule has 2 atom stereocenters. The number of aliphatic hydroxyl groups excluding tert-OH is 1. The number of benzene rings is 1. The van der Waals surface area contributed by atoms with Crippen LogP contribution in [0.4, 0.5) is 0 Å². The third-order valence-electron chi connectivity index (χ3n) is 4.99. The average molecular weight is 402 g/mol. The van der Waals surface area contributed by atoms with Crippen LogP contribution in [-0.2, 0) is 16.0 Å². The molecule has 1 fully saturated rings. The molecule has 2 aromatic rings. The van der Waals surface area contributed by atoms with E-state index in [-0.39, 0.29) is 37.3 Å². The topological polar surface area (TPSA) is 91.3 Å². The molecule has 1 saturated carbocycles. The lowest BCUT2D eigenvalue weighted by molar-refractivity contribution is -0.123. The Bertz CT molecular complexity index is 778. The minimum atomic E-state index is -0.124. The van der Waals surface area contributed by atoms with Crippen LogP contribution in [0.15, 0.2) is 35.7 Å². The summed E-state index contributed by atoms with van der Waals surface area (Å²) in [5.41, 5.74) is 1.86. The van der Waals surface area contributed by atoms with Crippen molar-refractivity contribution in [1.29, 1.82) is 0 Å². The van der Waals surface area contributed by atoms with E-state index in [1.807, 2.05) is 35.7 Å². The molecule has 0 bridgehead atoms. The fraction of sp³-hybridized carbons (Fsp3) is 0.476. The molecule has 1 aliphatic rings. The van der Waals surface area contributed by atoms with Crippen LogP contribution in [-0.4, -0.2) is 41.1 Å². The van der Waals surface area contributed by atoms with Crippen LogP contribution in [0.1, 0.15) is 37.8 Å². The maximum Gasteiger partial charge on any atom is 0.226 e. The van der Waals surface area contributed by atoms with Gasteiger partial charge in [-0.2, -0.15) is 0 Å². The minimum absolute atomic E-state index is 0.0173. The molecule has 0 radical (unpaired) electrons. The van der Waals surface area contributed by atoms with Gasteiger partial charge < -0.3 is 15.7 Å². The lowest BCUT2D eigenvalue weighted by Crippen LogP contribution is -2.41. The van der Waals surface area contributed by atoms with Crippen molar-refractivity contribution in [3.05, 3.63) is 41.4 Å². The number of nitrogens with one attached hydrogen (secondary N) is 2. The van der Waals surface area contributed by atoms with Gasteiger partial charge in [0.05, 0.1) is 18.7 Å². The predicted molar refractivity (Wildman–Crippen MR) is 110 cm³/mol. The summed E-state index contributed by atoms with van der Waals surface area (Å²) in [5, 5.41) is 17.7. The van der Waals surface area contributed by atoms with Crippen LogP contribution in [0.2, 0.25) is 0 Å². The van der Waals surface area contributed by atoms with Crippen LogP contribution >= 0.6 is 11.3 Å². The summed E-state index contributed by atoms with van der Waals surface area (Å²) >= 11 is 1.55. The number of nitrogens with zero attached hydrogens (tertiary/aromatic N) is 1. The van der Waals surface area contributed by atoms with E-state index in [1.54, 1.807) is 11.3 Å². The van der Waals surface area contributed by atoms with Crippen molar-refractivity contribution in [2.75, 3.05) is 13.2 Å². The maximum absolute atomic E-state index is 12.3. The minimum Gasteiger partial charge on any atom is -0.396 e. The SMILES string of the molecule is O=C(Cc1csc(-c2ccccc2)n1)NC[C@@H]1CCC[C@H](NC(=O)CCO)C1. The Kier molecular flexibility index (Phi) is 7.56. The van der Waals surface area contributed by atoms with Crippen molar-refractivity contribution in [2.45, 2.75) is 44.6 Å². The zero-order chi connectivity index (χ0) is 19.8. The lowest BCUT2D eigenvalue weighted by Gasteiger charge is -2.29. The molecular formula is C21H27N3O3S. The first-order valence-corrected chi connectivity index (χ1v) is 10.7. The predicted octanol–water partition coefficient (Wildman–Crippen LogP) is 2.53. The summed E-state index contributed by atoms with van der Waals surface area (Å²) in [7, 11) is 0. The van der Waals surface area contributed by atoms with E-state index >= 15 is 0 Å². The van der Waals surface area contributed by atoms with Crippen molar-refractivity contribution in [3.8, 4) is 10.6 Å². The number of aromatic nitrogens is 1. The molecule has 0 unspecified atom stereocenters. The normalized spacial score (nSPS) is 19.2. The fourth-order valence-corrected chi connectivity index (χ4v) is 4.42. The van der Waals surface area contributed by atoms with E-state index in [0.29, 0.717) is 12.5 Å². The Balaban J connectivity index is 1.43. The van der Waals surface area contributed by atoms with Gasteiger partial charge in [0.2, 0.25) is 11.8 Å². The van der Waals surface area contributed by atoms with Crippen molar-refractivity contribution < 1.29 is 14.7 Å². The highest BCUT2D eigenvalue weighted by Gasteiger charge is 2.23. The summed E-state index contributed by atoms with van der Waals surface area (Å²) in [6, 6.07) is 10.1. The van der Waals surface area contributed by atoms with Gasteiger partial charge in [-0.1, -0.05) is 36.8 Å². The van der Waals surface area contributed by atoms with Crippen molar-refractivity contribution in [3.63, 3.8) is 0 Å². The Hall–Kier alpha value is -2.25. The van der Waals surface area contributed by atoms with Gasteiger partial charge in [0, 0.05) is 30.0 Å². The van der Waals surface area contributed by atoms with Crippen LogP contribution in [0.5, 0.6) is 0 Å². The number of carbonyl (C=O) groups is 2. The first kappa shape index (κ1) is 20.5. The van der Waals surface area contributed by atoms with Gasteiger partial charge in [-0.25, -0.2) is 4.98 Å². The summed E-state index contributed by atoms with van der Waals surface area (Å²) in [6.45, 7) is 0.502. The summed E-state index contributed by atoms with van der Waals surface area (Å²) in [5.74, 6) is 0.249. The quantitative estimate of drug-likeness (QED) is 0.634. The summed E-state index contributed by atoms with van der Waals surface area (Å²) in [4.78, 5) is 28.5. The lowest BCUT2D eigenvalue weighted by atomic mass is 9.85. The molecule has 0 spiro atoms. The van der Waals surface area contributed by atoms with E-state index in [4.69, 9.17) is 5.11 Å². The van der Waals surface area contributed by atoms with Crippen molar-refractivity contribution >= 4 is 23.2 Å². The number of carbonyl (C=O) groups excluding carboxylic acids is 2. The number of aliphatic hydroxyl groups is 1. The van der Waals surface area contributed by atoms with Crippen molar-refractivity contribution in [1.82, 2.24) is 15.6 Å².